The molecule has 8 heteroatoms. The Kier molecular flexibility index (Phi) is 9.07. The lowest BCUT2D eigenvalue weighted by Gasteiger charge is -2.44. The molecule has 0 bridgehead atoms. The third kappa shape index (κ3) is 7.97. The molecule has 3 N–H and O–H groups in total. The molecule has 206 valence electrons. The van der Waals surface area contributed by atoms with E-state index in [1.165, 1.54) is 6.07 Å². The molecule has 2 unspecified atom stereocenters. The van der Waals surface area contributed by atoms with Crippen LogP contribution in [0.25, 0.3) is 0 Å². The molecule has 3 amide bonds. The Morgan fingerprint density at radius 2 is 1.58 bits per heavy atom. The molecule has 2 atom stereocenters. The van der Waals surface area contributed by atoms with E-state index < -0.39 is 41.1 Å². The Morgan fingerprint density at radius 1 is 0.974 bits per heavy atom. The number of benzene rings is 2. The van der Waals surface area contributed by atoms with Gasteiger partial charge in [0.1, 0.15) is 23.4 Å². The predicted molar refractivity (Wildman–Crippen MR) is 147 cm³/mol. The summed E-state index contributed by atoms with van der Waals surface area (Å²) in [4.78, 5) is 42.5. The van der Waals surface area contributed by atoms with Crippen LogP contribution in [0.1, 0.15) is 78.0 Å². The van der Waals surface area contributed by atoms with Crippen LogP contribution in [-0.2, 0) is 20.7 Å². The summed E-state index contributed by atoms with van der Waals surface area (Å²) in [5.74, 6) is -0.866. The summed E-state index contributed by atoms with van der Waals surface area (Å²) in [5, 5.41) is 16.5. The number of hydrogen-bond acceptors (Lipinski definition) is 5. The average Bonchev–Trinajstić information content (AvgIpc) is 2.76. The second-order valence-corrected chi connectivity index (χ2v) is 11.9. The van der Waals surface area contributed by atoms with E-state index in [4.69, 9.17) is 4.74 Å². The molecule has 0 heterocycles. The molecule has 0 radical (unpaired) electrons. The van der Waals surface area contributed by atoms with Gasteiger partial charge in [0.25, 0.3) is 0 Å². The van der Waals surface area contributed by atoms with Gasteiger partial charge >= 0.3 is 6.09 Å². The van der Waals surface area contributed by atoms with E-state index in [9.17, 15) is 19.5 Å². The quantitative estimate of drug-likeness (QED) is 0.458. The third-order valence-electron chi connectivity index (χ3n) is 6.25. The maximum Gasteiger partial charge on any atom is 0.408 e. The summed E-state index contributed by atoms with van der Waals surface area (Å²) in [6.45, 7) is 10.9. The number of carbonyl (C=O) groups is 3. The minimum absolute atomic E-state index is 0.0709. The van der Waals surface area contributed by atoms with Gasteiger partial charge in [-0.15, -0.1) is 0 Å². The number of para-hydroxylation sites is 1. The van der Waals surface area contributed by atoms with Crippen LogP contribution in [-0.4, -0.2) is 51.1 Å². The zero-order valence-electron chi connectivity index (χ0n) is 23.3. The highest BCUT2D eigenvalue weighted by Crippen LogP contribution is 2.37. The first-order chi connectivity index (χ1) is 17.7. The Hall–Kier alpha value is -3.55. The van der Waals surface area contributed by atoms with Gasteiger partial charge in [0.15, 0.2) is 0 Å². The van der Waals surface area contributed by atoms with Gasteiger partial charge in [-0.1, -0.05) is 48.5 Å². The van der Waals surface area contributed by atoms with Gasteiger partial charge < -0.3 is 25.4 Å². The van der Waals surface area contributed by atoms with Crippen LogP contribution in [0.3, 0.4) is 0 Å². The lowest BCUT2D eigenvalue weighted by molar-refractivity contribution is -0.148. The normalized spacial score (nSPS) is 15.5. The molecular formula is C30H41N3O5. The lowest BCUT2D eigenvalue weighted by atomic mass is 9.87. The first-order valence-corrected chi connectivity index (χ1v) is 13.2. The van der Waals surface area contributed by atoms with Crippen molar-refractivity contribution < 1.29 is 24.2 Å². The smallest absolute Gasteiger partial charge is 0.408 e. The number of alkyl carbamates (subject to hydrolysis) is 1. The molecule has 8 nitrogen and oxygen atoms in total. The number of aromatic hydroxyl groups is 1. The molecule has 3 rings (SSSR count). The summed E-state index contributed by atoms with van der Waals surface area (Å²) in [7, 11) is 0. The molecule has 0 aromatic heterocycles. The average molecular weight is 524 g/mol. The van der Waals surface area contributed by atoms with Crippen LogP contribution in [0.5, 0.6) is 5.75 Å². The van der Waals surface area contributed by atoms with Gasteiger partial charge in [0, 0.05) is 23.6 Å². The number of ether oxygens (including phenoxy) is 1. The Balaban J connectivity index is 2.06. The molecule has 0 aliphatic heterocycles. The molecule has 1 saturated carbocycles. The molecule has 0 spiro atoms. The van der Waals surface area contributed by atoms with Crippen molar-refractivity contribution in [1.82, 2.24) is 15.5 Å². The predicted octanol–water partition coefficient (Wildman–Crippen LogP) is 4.87. The van der Waals surface area contributed by atoms with Crippen LogP contribution in [0, 0.1) is 0 Å². The number of carbonyl (C=O) groups excluding carboxylic acids is 3. The second kappa shape index (κ2) is 11.9. The van der Waals surface area contributed by atoms with Gasteiger partial charge in [-0.3, -0.25) is 9.59 Å². The molecule has 2 aromatic rings. The van der Waals surface area contributed by atoms with Crippen molar-refractivity contribution >= 4 is 17.9 Å². The van der Waals surface area contributed by atoms with Crippen molar-refractivity contribution in [2.75, 3.05) is 0 Å². The summed E-state index contributed by atoms with van der Waals surface area (Å²) >= 11 is 0. The molecule has 1 aliphatic carbocycles. The number of phenolic OH excluding ortho intramolecular Hbond substituents is 1. The van der Waals surface area contributed by atoms with Gasteiger partial charge in [-0.2, -0.15) is 0 Å². The van der Waals surface area contributed by atoms with E-state index in [2.05, 4.69) is 10.6 Å². The molecular weight excluding hydrogens is 482 g/mol. The molecule has 1 fully saturated rings. The number of amides is 3. The third-order valence-corrected chi connectivity index (χ3v) is 6.25. The van der Waals surface area contributed by atoms with Gasteiger partial charge in [-0.05, 0) is 72.4 Å². The first kappa shape index (κ1) is 29.0. The van der Waals surface area contributed by atoms with E-state index in [1.54, 1.807) is 43.9 Å². The van der Waals surface area contributed by atoms with E-state index in [-0.39, 0.29) is 18.2 Å². The fourth-order valence-corrected chi connectivity index (χ4v) is 4.44. The van der Waals surface area contributed by atoms with Gasteiger partial charge in [0.2, 0.25) is 11.8 Å². The number of nitrogens with zero attached hydrogens (tertiary/aromatic N) is 1. The van der Waals surface area contributed by atoms with Crippen molar-refractivity contribution in [2.45, 2.75) is 96.5 Å². The van der Waals surface area contributed by atoms with Crippen molar-refractivity contribution in [3.05, 3.63) is 65.7 Å². The van der Waals surface area contributed by atoms with Crippen LogP contribution < -0.4 is 10.6 Å². The molecule has 2 aromatic carbocycles. The molecule has 0 saturated heterocycles. The molecule has 1 aliphatic rings. The highest BCUT2D eigenvalue weighted by atomic mass is 16.6. The highest BCUT2D eigenvalue weighted by Gasteiger charge is 2.43. The minimum atomic E-state index is -1.08. The van der Waals surface area contributed by atoms with E-state index in [0.29, 0.717) is 5.56 Å². The maximum atomic E-state index is 14.4. The summed E-state index contributed by atoms with van der Waals surface area (Å²) in [5.41, 5.74) is -0.117. The minimum Gasteiger partial charge on any atom is -0.508 e. The Bertz CT molecular complexity index is 1120. The maximum absolute atomic E-state index is 14.4. The summed E-state index contributed by atoms with van der Waals surface area (Å²) in [6, 6.07) is 13.7. The van der Waals surface area contributed by atoms with Crippen molar-refractivity contribution in [2.24, 2.45) is 0 Å². The van der Waals surface area contributed by atoms with Gasteiger partial charge in [-0.25, -0.2) is 4.79 Å². The Labute approximate surface area is 225 Å². The fourth-order valence-electron chi connectivity index (χ4n) is 4.44. The standard InChI is InChI=1S/C30H41N3O5/c1-29(2,3)32-26(35)25(22-17-10-11-18-24(22)34)33(21-15-12-16-21)27(36)23(19-20-13-8-7-9-14-20)31-28(37)38-30(4,5)6/h7-11,13-14,17-18,21,23,25,34H,12,15-16,19H2,1-6H3,(H,31,37)(H,32,35). The number of phenols is 1. The van der Waals surface area contributed by atoms with E-state index in [1.807, 2.05) is 51.1 Å². The van der Waals surface area contributed by atoms with Crippen molar-refractivity contribution in [1.29, 1.82) is 0 Å². The number of hydrogen-bond donors (Lipinski definition) is 3. The number of nitrogens with one attached hydrogen (secondary N) is 2. The monoisotopic (exact) mass is 523 g/mol. The first-order valence-electron chi connectivity index (χ1n) is 13.2. The van der Waals surface area contributed by atoms with E-state index >= 15 is 0 Å². The van der Waals surface area contributed by atoms with Crippen molar-refractivity contribution in [3.8, 4) is 5.75 Å². The highest BCUT2D eigenvalue weighted by molar-refractivity contribution is 5.93. The topological polar surface area (TPSA) is 108 Å². The van der Waals surface area contributed by atoms with Crippen LogP contribution in [0.4, 0.5) is 4.79 Å². The lowest BCUT2D eigenvalue weighted by Crippen LogP contribution is -2.59. The van der Waals surface area contributed by atoms with Crippen LogP contribution in [0.2, 0.25) is 0 Å². The van der Waals surface area contributed by atoms with Gasteiger partial charge in [0.05, 0.1) is 0 Å². The fraction of sp³-hybridized carbons (Fsp3) is 0.500. The zero-order chi connectivity index (χ0) is 28.1. The zero-order valence-corrected chi connectivity index (χ0v) is 23.3. The van der Waals surface area contributed by atoms with E-state index in [0.717, 1.165) is 24.8 Å². The molecule has 38 heavy (non-hydrogen) atoms. The van der Waals surface area contributed by atoms with Crippen molar-refractivity contribution in [3.63, 3.8) is 0 Å². The number of rotatable bonds is 8. The van der Waals surface area contributed by atoms with Crippen LogP contribution >= 0.6 is 0 Å². The summed E-state index contributed by atoms with van der Waals surface area (Å²) < 4.78 is 5.47. The Morgan fingerprint density at radius 3 is 2.11 bits per heavy atom. The second-order valence-electron chi connectivity index (χ2n) is 11.9. The largest absolute Gasteiger partial charge is 0.508 e. The SMILES string of the molecule is CC(C)(C)NC(=O)C(c1ccccc1O)N(C(=O)C(Cc1ccccc1)NC(=O)OC(C)(C)C)C1CCC1. The van der Waals surface area contributed by atoms with Crippen LogP contribution in [0.15, 0.2) is 54.6 Å². The summed E-state index contributed by atoms with van der Waals surface area (Å²) in [6.07, 6.45) is 1.88.